The van der Waals surface area contributed by atoms with Crippen molar-refractivity contribution in [2.24, 2.45) is 0 Å². The fraction of sp³-hybridized carbons (Fsp3) is 0.750. The third-order valence-electron chi connectivity index (χ3n) is 23.0. The second kappa shape index (κ2) is 35.9. The van der Waals surface area contributed by atoms with Crippen LogP contribution < -0.4 is 0 Å². The van der Waals surface area contributed by atoms with Gasteiger partial charge in [0.05, 0.1) is 0 Å². The van der Waals surface area contributed by atoms with Crippen molar-refractivity contribution < 1.29 is 0 Å². The van der Waals surface area contributed by atoms with Crippen LogP contribution >= 0.6 is 0 Å². The van der Waals surface area contributed by atoms with Gasteiger partial charge in [0, 0.05) is 0 Å². The minimum atomic E-state index is -3.38. The van der Waals surface area contributed by atoms with Gasteiger partial charge in [0.15, 0.2) is 0 Å². The molecule has 0 aliphatic carbocycles. The zero-order valence-electron chi connectivity index (χ0n) is 66.5. The van der Waals surface area contributed by atoms with Gasteiger partial charge in [0.1, 0.15) is 0 Å². The van der Waals surface area contributed by atoms with E-state index in [2.05, 4.69) is 372 Å². The van der Waals surface area contributed by atoms with E-state index in [-0.39, 0.29) is 0 Å². The minimum absolute atomic E-state index is 0.402. The molecule has 1 rings (SSSR count). The summed E-state index contributed by atoms with van der Waals surface area (Å²) in [6, 6.07) is 0. The molecule has 500 valence electrons. The Kier molecular flexibility index (Phi) is 35.5. The van der Waals surface area contributed by atoms with E-state index in [4.69, 9.17) is 0 Å². The van der Waals surface area contributed by atoms with Crippen LogP contribution in [0.15, 0.2) is 0 Å². The van der Waals surface area contributed by atoms with Gasteiger partial charge in [-0.3, -0.25) is 0 Å². The van der Waals surface area contributed by atoms with E-state index in [0.717, 1.165) is 0 Å². The van der Waals surface area contributed by atoms with Gasteiger partial charge < -0.3 is 0 Å². The van der Waals surface area contributed by atoms with Gasteiger partial charge in [-0.25, -0.2) is 0 Å². The SMILES string of the molecule is C[CH](C)[Ge]1([CH](C)C)[C]#[C][Ge]([CH](C)C)([CH](C)C)[C]#[C][Ge]([CH](C)C)([CH](C)C)[C]#[C][Ge]([CH](C)C)([CH](C)C)[C]#[C][Ge]([CH](C)C)([CH](C)C)[C]#[C][Ge]([CH](C)C)([CH](C)C)[C]#[C][Ge]([CH](C)C)([CH](C)C)[C]#[C][Ge]([CH](C)C)([CH](C)C)[C]#[C][Ge]([CH](C)C)([CH](C)C)[C]#[C][Ge]([CH](C)C)([CH](C)C)[C]#[C]1. The Morgan fingerprint density at radius 1 is 0.0889 bits per heavy atom. The van der Waals surface area contributed by atoms with Crippen molar-refractivity contribution in [1.29, 1.82) is 0 Å². The van der Waals surface area contributed by atoms with Gasteiger partial charge in [-0.15, -0.1) is 0 Å². The van der Waals surface area contributed by atoms with Gasteiger partial charge in [0.25, 0.3) is 0 Å². The molecule has 0 radical (unpaired) electrons. The van der Waals surface area contributed by atoms with Crippen molar-refractivity contribution in [3.05, 3.63) is 0 Å². The first-order valence-corrected chi connectivity index (χ1v) is 81.6. The van der Waals surface area contributed by atoms with Gasteiger partial charge in [-0.2, -0.15) is 0 Å². The standard InChI is InChI=1S/C80H140Ge10/c1-61(2)81(62(3)4)41-43-82(63(5)6,64(7)8)45-47-84(67(13)14,68(15)16)49-51-86(71(21)22,72(23)24)53-55-88(75(29)30,76(31)32)57-59-90(79(37)38,80(39)40)60-58-89(77(33)34,78(35)36)56-54-87(73(25)26,74(27)28)52-50-85(69(17)18,70(19)20)48-46-83(44-42-81,65(9)10)66(11)12/h61-80H,1-40H3. The summed E-state index contributed by atoms with van der Waals surface area (Å²) in [5.74, 6) is 0. The molecule has 1 aliphatic rings. The molecule has 0 aromatic heterocycles. The number of rotatable bonds is 20. The summed E-state index contributed by atoms with van der Waals surface area (Å²) in [7, 11) is 0. The summed E-state index contributed by atoms with van der Waals surface area (Å²) < 4.78 is 96.7. The molecule has 90 heavy (non-hydrogen) atoms. The van der Waals surface area contributed by atoms with Crippen molar-refractivity contribution in [2.45, 2.75) is 372 Å². The Balaban J connectivity index is 5.91. The Morgan fingerprint density at radius 2 is 0.122 bits per heavy atom. The molecule has 0 nitrogen and oxygen atoms in total. The molecule has 0 bridgehead atoms. The fourth-order valence-electron chi connectivity index (χ4n) is 14.8. The van der Waals surface area contributed by atoms with E-state index in [1.165, 1.54) is 0 Å². The van der Waals surface area contributed by atoms with Crippen molar-refractivity contribution in [3.8, 4) is 95.1 Å². The summed E-state index contributed by atoms with van der Waals surface area (Å²) >= 11 is -33.8. The Labute approximate surface area is 592 Å². The third kappa shape index (κ3) is 18.9. The predicted molar refractivity (Wildman–Crippen MR) is 437 cm³/mol. The summed E-state index contributed by atoms with van der Waals surface area (Å²) in [6.45, 7) is 98.8. The zero-order chi connectivity index (χ0) is 70.7. The molecular formula is C80H140Ge10. The topological polar surface area (TPSA) is 0 Å². The molecule has 0 N–H and O–H groups in total. The van der Waals surface area contributed by atoms with E-state index < -0.39 is 133 Å². The molecule has 0 atom stereocenters. The summed E-state index contributed by atoms with van der Waals surface area (Å²) in [5, 5.41) is 0. The van der Waals surface area contributed by atoms with Crippen molar-refractivity contribution in [2.75, 3.05) is 0 Å². The maximum atomic E-state index is 4.43. The van der Waals surface area contributed by atoms with Crippen LogP contribution in [0.3, 0.4) is 0 Å². The molecule has 0 saturated heterocycles. The first-order chi connectivity index (χ1) is 40.9. The van der Waals surface area contributed by atoms with Crippen molar-refractivity contribution >= 4 is 133 Å². The average molecular weight is 1830 g/mol. The predicted octanol–water partition coefficient (Wildman–Crippen LogP) is 23.5. The third-order valence-corrected chi connectivity index (χ3v) is 133. The van der Waals surface area contributed by atoms with Gasteiger partial charge in [-0.05, 0) is 0 Å². The van der Waals surface area contributed by atoms with Crippen LogP contribution in [-0.2, 0) is 0 Å². The van der Waals surface area contributed by atoms with Gasteiger partial charge >= 0.3 is 600 Å². The van der Waals surface area contributed by atoms with Crippen LogP contribution in [0.4, 0.5) is 0 Å². The Morgan fingerprint density at radius 3 is 0.144 bits per heavy atom. The number of hydrogen-bond acceptors (Lipinski definition) is 0. The number of hydrogen-bond donors (Lipinski definition) is 0. The van der Waals surface area contributed by atoms with Crippen molar-refractivity contribution in [1.82, 2.24) is 0 Å². The Bertz CT molecular complexity index is 2210. The summed E-state index contributed by atoms with van der Waals surface area (Å²) in [5.41, 5.74) is 0. The van der Waals surface area contributed by atoms with Crippen LogP contribution in [0.2, 0.25) is 95.0 Å². The van der Waals surface area contributed by atoms with Crippen LogP contribution in [-0.4, -0.2) is 133 Å². The van der Waals surface area contributed by atoms with Gasteiger partial charge in [-0.1, -0.05) is 0 Å². The quantitative estimate of drug-likeness (QED) is 0.0842. The van der Waals surface area contributed by atoms with Crippen LogP contribution in [0.25, 0.3) is 0 Å². The molecule has 1 heterocycles. The maximum absolute atomic E-state index is 4.43. The van der Waals surface area contributed by atoms with E-state index in [1.807, 2.05) is 0 Å². The van der Waals surface area contributed by atoms with Gasteiger partial charge in [0.2, 0.25) is 0 Å². The van der Waals surface area contributed by atoms with Crippen molar-refractivity contribution in [3.63, 3.8) is 0 Å². The Hall–Kier alpha value is 1.03. The second-order valence-corrected chi connectivity index (χ2v) is 130. The molecule has 1 aliphatic heterocycles. The second-order valence-electron chi connectivity index (χ2n) is 34.3. The van der Waals surface area contributed by atoms with Crippen LogP contribution in [0, 0.1) is 95.1 Å². The average Bonchev–Trinajstić information content (AvgIpc) is 3.39. The molecular weight excluding hydrogens is 1690 g/mol. The summed E-state index contributed by atoms with van der Waals surface area (Å²) in [6.07, 6.45) is 0. The molecule has 0 fully saturated rings. The monoisotopic (exact) mass is 1840 g/mol. The van der Waals surface area contributed by atoms with E-state index in [0.29, 0.717) is 95.0 Å². The van der Waals surface area contributed by atoms with Crippen LogP contribution in [0.5, 0.6) is 0 Å². The first-order valence-electron chi connectivity index (χ1n) is 36.4. The molecule has 0 saturated carbocycles. The fourth-order valence-corrected chi connectivity index (χ4v) is 122. The van der Waals surface area contributed by atoms with Crippen LogP contribution in [0.1, 0.15) is 277 Å². The zero-order valence-corrected chi connectivity index (χ0v) is 87.5. The van der Waals surface area contributed by atoms with E-state index in [1.54, 1.807) is 0 Å². The normalized spacial score (nSPS) is 19.8. The first kappa shape index (κ1) is 89.0. The molecule has 10 heteroatoms. The van der Waals surface area contributed by atoms with E-state index in [9.17, 15) is 0 Å². The molecule has 0 amide bonds. The molecule has 0 spiro atoms. The summed E-state index contributed by atoms with van der Waals surface area (Å²) in [4.78, 5) is 0. The van der Waals surface area contributed by atoms with E-state index >= 15 is 0 Å². The molecule has 0 unspecified atom stereocenters. The molecule has 0 aromatic rings. The molecule has 0 aromatic carbocycles.